The third-order valence-corrected chi connectivity index (χ3v) is 2.53. The number of hydrogen-bond donors (Lipinski definition) is 1. The van der Waals surface area contributed by atoms with Crippen LogP contribution in [-0.4, -0.2) is 21.0 Å². The number of hydrogen-bond acceptors (Lipinski definition) is 4. The van der Waals surface area contributed by atoms with Gasteiger partial charge in [0.1, 0.15) is 5.82 Å². The Labute approximate surface area is 101 Å². The number of rotatable bonds is 5. The van der Waals surface area contributed by atoms with Crippen molar-refractivity contribution in [3.8, 4) is 5.88 Å². The minimum atomic E-state index is 0.439. The topological polar surface area (TPSA) is 65.4 Å². The predicted molar refractivity (Wildman–Crippen MR) is 67.0 cm³/mol. The SMILES string of the molecule is CC(C)CCCOc1nc(N)cn2ccnc12. The van der Waals surface area contributed by atoms with Crippen LogP contribution in [0.3, 0.4) is 0 Å². The number of anilines is 1. The van der Waals surface area contributed by atoms with Gasteiger partial charge >= 0.3 is 0 Å². The van der Waals surface area contributed by atoms with Crippen LogP contribution in [0, 0.1) is 5.92 Å². The molecular formula is C12H18N4O. The molecule has 2 heterocycles. The number of nitrogens with zero attached hydrogens (tertiary/aromatic N) is 3. The molecule has 0 bridgehead atoms. The van der Waals surface area contributed by atoms with Crippen molar-refractivity contribution >= 4 is 11.5 Å². The molecule has 2 aromatic heterocycles. The van der Waals surface area contributed by atoms with Gasteiger partial charge in [0.15, 0.2) is 0 Å². The summed E-state index contributed by atoms with van der Waals surface area (Å²) in [5, 5.41) is 0. The molecule has 0 saturated heterocycles. The minimum absolute atomic E-state index is 0.439. The molecule has 0 radical (unpaired) electrons. The van der Waals surface area contributed by atoms with Gasteiger partial charge in [0.25, 0.3) is 5.88 Å². The molecular weight excluding hydrogens is 216 g/mol. The summed E-state index contributed by atoms with van der Waals surface area (Å²) in [6.45, 7) is 5.05. The van der Waals surface area contributed by atoms with Gasteiger partial charge in [-0.1, -0.05) is 13.8 Å². The summed E-state index contributed by atoms with van der Waals surface area (Å²) in [4.78, 5) is 8.36. The highest BCUT2D eigenvalue weighted by atomic mass is 16.5. The van der Waals surface area contributed by atoms with Crippen LogP contribution in [0.15, 0.2) is 18.6 Å². The second-order valence-electron chi connectivity index (χ2n) is 4.51. The van der Waals surface area contributed by atoms with E-state index in [2.05, 4.69) is 23.8 Å². The molecule has 0 saturated carbocycles. The molecule has 0 aliphatic heterocycles. The van der Waals surface area contributed by atoms with Gasteiger partial charge in [-0.3, -0.25) is 4.40 Å². The summed E-state index contributed by atoms with van der Waals surface area (Å²) in [6, 6.07) is 0. The maximum absolute atomic E-state index is 5.70. The smallest absolute Gasteiger partial charge is 0.260 e. The summed E-state index contributed by atoms with van der Waals surface area (Å²) >= 11 is 0. The Kier molecular flexibility index (Phi) is 3.46. The van der Waals surface area contributed by atoms with Crippen LogP contribution in [0.5, 0.6) is 5.88 Å². The van der Waals surface area contributed by atoms with Crippen LogP contribution in [0.4, 0.5) is 5.82 Å². The molecule has 2 rings (SSSR count). The number of aromatic nitrogens is 3. The fourth-order valence-electron chi connectivity index (χ4n) is 1.68. The largest absolute Gasteiger partial charge is 0.475 e. The monoisotopic (exact) mass is 234 g/mol. The van der Waals surface area contributed by atoms with Gasteiger partial charge in [-0.05, 0) is 18.8 Å². The van der Waals surface area contributed by atoms with E-state index in [9.17, 15) is 0 Å². The zero-order valence-electron chi connectivity index (χ0n) is 10.3. The van der Waals surface area contributed by atoms with E-state index < -0.39 is 0 Å². The molecule has 2 aromatic rings. The highest BCUT2D eigenvalue weighted by Gasteiger charge is 2.07. The van der Waals surface area contributed by atoms with Crippen molar-refractivity contribution in [2.75, 3.05) is 12.3 Å². The number of fused-ring (bicyclic) bond motifs is 1. The Bertz CT molecular complexity index is 492. The third kappa shape index (κ3) is 2.87. The lowest BCUT2D eigenvalue weighted by atomic mass is 10.1. The van der Waals surface area contributed by atoms with Crippen molar-refractivity contribution < 1.29 is 4.74 Å². The highest BCUT2D eigenvalue weighted by Crippen LogP contribution is 2.17. The van der Waals surface area contributed by atoms with E-state index in [1.54, 1.807) is 12.4 Å². The lowest BCUT2D eigenvalue weighted by Gasteiger charge is -2.08. The fraction of sp³-hybridized carbons (Fsp3) is 0.500. The third-order valence-electron chi connectivity index (χ3n) is 2.53. The molecule has 0 aromatic carbocycles. The average Bonchev–Trinajstić information content (AvgIpc) is 2.71. The Hall–Kier alpha value is -1.78. The Morgan fingerprint density at radius 1 is 1.47 bits per heavy atom. The zero-order chi connectivity index (χ0) is 12.3. The van der Waals surface area contributed by atoms with Gasteiger partial charge in [-0.2, -0.15) is 4.98 Å². The van der Waals surface area contributed by atoms with Crippen LogP contribution in [0.1, 0.15) is 26.7 Å². The van der Waals surface area contributed by atoms with E-state index in [1.165, 1.54) is 0 Å². The van der Waals surface area contributed by atoms with Gasteiger partial charge in [-0.15, -0.1) is 0 Å². The van der Waals surface area contributed by atoms with Gasteiger partial charge in [0.05, 0.1) is 12.8 Å². The van der Waals surface area contributed by atoms with Crippen LogP contribution in [0.2, 0.25) is 0 Å². The molecule has 2 N–H and O–H groups in total. The summed E-state index contributed by atoms with van der Waals surface area (Å²) in [5.41, 5.74) is 6.41. The molecule has 0 atom stereocenters. The van der Waals surface area contributed by atoms with E-state index in [1.807, 2.05) is 10.6 Å². The zero-order valence-corrected chi connectivity index (χ0v) is 10.3. The van der Waals surface area contributed by atoms with Gasteiger partial charge in [-0.25, -0.2) is 4.98 Å². The van der Waals surface area contributed by atoms with E-state index in [0.717, 1.165) is 12.8 Å². The van der Waals surface area contributed by atoms with E-state index >= 15 is 0 Å². The second-order valence-corrected chi connectivity index (χ2v) is 4.51. The molecule has 17 heavy (non-hydrogen) atoms. The van der Waals surface area contributed by atoms with Crippen LogP contribution >= 0.6 is 0 Å². The Balaban J connectivity index is 2.04. The molecule has 0 amide bonds. The van der Waals surface area contributed by atoms with E-state index in [0.29, 0.717) is 29.9 Å². The lowest BCUT2D eigenvalue weighted by molar-refractivity contribution is 0.289. The quantitative estimate of drug-likeness (QED) is 0.805. The number of imidazole rings is 1. The summed E-state index contributed by atoms with van der Waals surface area (Å²) in [6.07, 6.45) is 7.42. The van der Waals surface area contributed by atoms with E-state index in [4.69, 9.17) is 10.5 Å². The van der Waals surface area contributed by atoms with Gasteiger partial charge in [0.2, 0.25) is 5.65 Å². The predicted octanol–water partition coefficient (Wildman–Crippen LogP) is 2.13. The first-order valence-electron chi connectivity index (χ1n) is 5.89. The maximum Gasteiger partial charge on any atom is 0.260 e. The van der Waals surface area contributed by atoms with Crippen LogP contribution < -0.4 is 10.5 Å². The highest BCUT2D eigenvalue weighted by molar-refractivity contribution is 5.52. The molecule has 92 valence electrons. The molecule has 0 aliphatic rings. The lowest BCUT2D eigenvalue weighted by Crippen LogP contribution is -2.04. The molecule has 0 aliphatic carbocycles. The second kappa shape index (κ2) is 5.03. The maximum atomic E-state index is 5.70. The van der Waals surface area contributed by atoms with Crippen molar-refractivity contribution in [1.29, 1.82) is 0 Å². The number of nitrogen functional groups attached to an aromatic ring is 1. The first-order chi connectivity index (χ1) is 8.16. The van der Waals surface area contributed by atoms with Crippen LogP contribution in [0.25, 0.3) is 5.65 Å². The molecule has 0 unspecified atom stereocenters. The summed E-state index contributed by atoms with van der Waals surface area (Å²) in [5.74, 6) is 1.65. The van der Waals surface area contributed by atoms with Gasteiger partial charge in [0, 0.05) is 12.4 Å². The van der Waals surface area contributed by atoms with Gasteiger partial charge < -0.3 is 10.5 Å². The van der Waals surface area contributed by atoms with Crippen molar-refractivity contribution in [2.45, 2.75) is 26.7 Å². The van der Waals surface area contributed by atoms with Crippen molar-refractivity contribution in [2.24, 2.45) is 5.92 Å². The van der Waals surface area contributed by atoms with Crippen molar-refractivity contribution in [1.82, 2.24) is 14.4 Å². The first-order valence-corrected chi connectivity index (χ1v) is 5.89. The van der Waals surface area contributed by atoms with Crippen LogP contribution in [-0.2, 0) is 0 Å². The normalized spacial score (nSPS) is 11.2. The number of nitrogens with two attached hydrogens (primary N) is 1. The van der Waals surface area contributed by atoms with Crippen molar-refractivity contribution in [3.63, 3.8) is 0 Å². The molecule has 0 spiro atoms. The van der Waals surface area contributed by atoms with Crippen molar-refractivity contribution in [3.05, 3.63) is 18.6 Å². The summed E-state index contributed by atoms with van der Waals surface area (Å²) < 4.78 is 7.45. The standard InChI is InChI=1S/C12H18N4O/c1-9(2)4-3-7-17-12-11-14-5-6-16(11)8-10(13)15-12/h5-6,8-9H,3-4,7,13H2,1-2H3. The Morgan fingerprint density at radius 3 is 3.06 bits per heavy atom. The summed E-state index contributed by atoms with van der Waals surface area (Å²) in [7, 11) is 0. The molecule has 5 heteroatoms. The molecule has 0 fully saturated rings. The minimum Gasteiger partial charge on any atom is -0.475 e. The number of ether oxygens (including phenoxy) is 1. The Morgan fingerprint density at radius 2 is 2.29 bits per heavy atom. The fourth-order valence-corrected chi connectivity index (χ4v) is 1.68. The first kappa shape index (κ1) is 11.7. The average molecular weight is 234 g/mol. The molecule has 5 nitrogen and oxygen atoms in total. The van der Waals surface area contributed by atoms with E-state index in [-0.39, 0.29) is 0 Å².